The number of hydrogen-bond donors (Lipinski definition) is 1. The van der Waals surface area contributed by atoms with E-state index in [1.54, 1.807) is 6.07 Å². The molecule has 2 heterocycles. The van der Waals surface area contributed by atoms with Gasteiger partial charge >= 0.3 is 0 Å². The van der Waals surface area contributed by atoms with Gasteiger partial charge in [0, 0.05) is 37.6 Å². The summed E-state index contributed by atoms with van der Waals surface area (Å²) >= 11 is 0. The molecule has 1 aliphatic heterocycles. The summed E-state index contributed by atoms with van der Waals surface area (Å²) < 4.78 is 0. The van der Waals surface area contributed by atoms with Crippen molar-refractivity contribution >= 4 is 23.1 Å². The topological polar surface area (TPSA) is 61.4 Å². The monoisotopic (exact) mass is 387 g/mol. The highest BCUT2D eigenvalue weighted by atomic mass is 16.2. The van der Waals surface area contributed by atoms with Crippen LogP contribution >= 0.6 is 0 Å². The van der Waals surface area contributed by atoms with Crippen LogP contribution in [-0.4, -0.2) is 47.2 Å². The van der Waals surface area contributed by atoms with Crippen LogP contribution in [0.3, 0.4) is 0 Å². The minimum Gasteiger partial charge on any atom is -0.368 e. The molecule has 1 amide bonds. The number of anilines is 3. The molecule has 0 atom stereocenters. The number of aryl methyl sites for hydroxylation is 1. The zero-order chi connectivity index (χ0) is 20.2. The first-order chi connectivity index (χ1) is 14.1. The van der Waals surface area contributed by atoms with E-state index in [2.05, 4.69) is 52.5 Å². The molecule has 29 heavy (non-hydrogen) atoms. The molecule has 1 fully saturated rings. The van der Waals surface area contributed by atoms with Crippen molar-refractivity contribution in [3.63, 3.8) is 0 Å². The van der Waals surface area contributed by atoms with Crippen molar-refractivity contribution in [2.45, 2.75) is 13.8 Å². The van der Waals surface area contributed by atoms with Crippen molar-refractivity contribution in [3.8, 4) is 0 Å². The second-order valence-electron chi connectivity index (χ2n) is 7.29. The number of benzene rings is 2. The van der Waals surface area contributed by atoms with Crippen molar-refractivity contribution in [2.24, 2.45) is 0 Å². The third-order valence-electron chi connectivity index (χ3n) is 5.44. The number of rotatable bonds is 4. The van der Waals surface area contributed by atoms with Crippen molar-refractivity contribution in [1.82, 2.24) is 15.1 Å². The molecule has 0 spiro atoms. The van der Waals surface area contributed by atoms with Crippen LogP contribution in [0, 0.1) is 13.8 Å². The minimum atomic E-state index is -0.0662. The Hall–Kier alpha value is -3.41. The molecule has 1 saturated heterocycles. The molecule has 0 saturated carbocycles. The van der Waals surface area contributed by atoms with E-state index in [1.165, 1.54) is 16.8 Å². The smallest absolute Gasteiger partial charge is 0.274 e. The zero-order valence-corrected chi connectivity index (χ0v) is 16.8. The van der Waals surface area contributed by atoms with Gasteiger partial charge in [-0.05, 0) is 55.3 Å². The second kappa shape index (κ2) is 8.31. The Morgan fingerprint density at radius 3 is 2.31 bits per heavy atom. The molecule has 6 nitrogen and oxygen atoms in total. The molecule has 0 bridgehead atoms. The lowest BCUT2D eigenvalue weighted by Gasteiger charge is -2.35. The molecule has 148 valence electrons. The number of para-hydroxylation sites is 1. The number of nitrogens with one attached hydrogen (secondary N) is 1. The summed E-state index contributed by atoms with van der Waals surface area (Å²) in [6.45, 7) is 7.13. The summed E-state index contributed by atoms with van der Waals surface area (Å²) in [7, 11) is 0. The Labute approximate surface area is 171 Å². The van der Waals surface area contributed by atoms with Gasteiger partial charge in [-0.15, -0.1) is 10.2 Å². The summed E-state index contributed by atoms with van der Waals surface area (Å²) in [5.41, 5.74) is 4.96. The Balaban J connectivity index is 1.38. The predicted octanol–water partition coefficient (Wildman–Crippen LogP) is 3.80. The normalized spacial score (nSPS) is 14.0. The first-order valence-corrected chi connectivity index (χ1v) is 9.88. The van der Waals surface area contributed by atoms with E-state index in [0.29, 0.717) is 24.6 Å². The summed E-state index contributed by atoms with van der Waals surface area (Å²) in [4.78, 5) is 16.9. The van der Waals surface area contributed by atoms with Crippen molar-refractivity contribution < 1.29 is 4.79 Å². The summed E-state index contributed by atoms with van der Waals surface area (Å²) in [5.74, 6) is 0.563. The molecule has 1 aliphatic rings. The molecular weight excluding hydrogens is 362 g/mol. The molecule has 1 aromatic heterocycles. The Bertz CT molecular complexity index is 980. The van der Waals surface area contributed by atoms with Crippen molar-refractivity contribution in [1.29, 1.82) is 0 Å². The van der Waals surface area contributed by atoms with Crippen LogP contribution in [0.2, 0.25) is 0 Å². The maximum absolute atomic E-state index is 12.8. The van der Waals surface area contributed by atoms with Gasteiger partial charge in [0.25, 0.3) is 5.91 Å². The fourth-order valence-electron chi connectivity index (χ4n) is 3.51. The standard InChI is InChI=1S/C23H25N5O/c1-17-7-6-10-20(18(17)2)24-22-12-11-21(25-26-22)23(29)28-15-13-27(14-16-28)19-8-4-3-5-9-19/h3-12H,13-16H2,1-2H3,(H,24,26). The quantitative estimate of drug-likeness (QED) is 0.738. The molecule has 0 radical (unpaired) electrons. The van der Waals surface area contributed by atoms with Crippen LogP contribution < -0.4 is 10.2 Å². The minimum absolute atomic E-state index is 0.0662. The maximum Gasteiger partial charge on any atom is 0.274 e. The SMILES string of the molecule is Cc1cccc(Nc2ccc(C(=O)N3CCN(c4ccccc4)CC3)nn2)c1C. The van der Waals surface area contributed by atoms with E-state index in [1.807, 2.05) is 41.3 Å². The summed E-state index contributed by atoms with van der Waals surface area (Å²) in [6, 6.07) is 19.9. The van der Waals surface area contributed by atoms with E-state index < -0.39 is 0 Å². The Morgan fingerprint density at radius 2 is 1.62 bits per heavy atom. The number of hydrogen-bond acceptors (Lipinski definition) is 5. The van der Waals surface area contributed by atoms with E-state index in [0.717, 1.165) is 18.8 Å². The first kappa shape index (κ1) is 18.9. The van der Waals surface area contributed by atoms with Gasteiger partial charge in [0.1, 0.15) is 0 Å². The molecular formula is C23H25N5O. The van der Waals surface area contributed by atoms with Gasteiger partial charge in [-0.3, -0.25) is 4.79 Å². The van der Waals surface area contributed by atoms with Crippen LogP contribution in [0.1, 0.15) is 21.6 Å². The van der Waals surface area contributed by atoms with E-state index in [9.17, 15) is 4.79 Å². The van der Waals surface area contributed by atoms with Crippen molar-refractivity contribution in [3.05, 3.63) is 77.5 Å². The maximum atomic E-state index is 12.8. The highest BCUT2D eigenvalue weighted by Gasteiger charge is 2.23. The lowest BCUT2D eigenvalue weighted by molar-refractivity contribution is 0.0739. The van der Waals surface area contributed by atoms with E-state index >= 15 is 0 Å². The van der Waals surface area contributed by atoms with Crippen LogP contribution in [0.4, 0.5) is 17.2 Å². The van der Waals surface area contributed by atoms with Crippen LogP contribution in [0.5, 0.6) is 0 Å². The average Bonchev–Trinajstić information content (AvgIpc) is 2.78. The Morgan fingerprint density at radius 1 is 0.862 bits per heavy atom. The summed E-state index contributed by atoms with van der Waals surface area (Å²) in [5, 5.41) is 11.6. The van der Waals surface area contributed by atoms with E-state index in [4.69, 9.17) is 0 Å². The predicted molar refractivity (Wildman–Crippen MR) is 116 cm³/mol. The number of nitrogens with zero attached hydrogens (tertiary/aromatic N) is 4. The highest BCUT2D eigenvalue weighted by molar-refractivity contribution is 5.92. The Kier molecular flexibility index (Phi) is 5.42. The fourth-order valence-corrected chi connectivity index (χ4v) is 3.51. The zero-order valence-electron chi connectivity index (χ0n) is 16.8. The lowest BCUT2D eigenvalue weighted by Crippen LogP contribution is -2.49. The van der Waals surface area contributed by atoms with Gasteiger partial charge in [0.2, 0.25) is 0 Å². The largest absolute Gasteiger partial charge is 0.368 e. The van der Waals surface area contributed by atoms with E-state index in [-0.39, 0.29) is 5.91 Å². The van der Waals surface area contributed by atoms with Gasteiger partial charge in [0.05, 0.1) is 0 Å². The third-order valence-corrected chi connectivity index (χ3v) is 5.44. The second-order valence-corrected chi connectivity index (χ2v) is 7.29. The molecule has 2 aromatic carbocycles. The number of amides is 1. The molecule has 6 heteroatoms. The van der Waals surface area contributed by atoms with Crippen LogP contribution in [0.15, 0.2) is 60.7 Å². The molecule has 1 N–H and O–H groups in total. The third kappa shape index (κ3) is 4.21. The highest BCUT2D eigenvalue weighted by Crippen LogP contribution is 2.22. The number of carbonyl (C=O) groups is 1. The number of carbonyl (C=O) groups excluding carboxylic acids is 1. The number of aromatic nitrogens is 2. The molecule has 0 unspecified atom stereocenters. The van der Waals surface area contributed by atoms with Gasteiger partial charge in [-0.1, -0.05) is 30.3 Å². The molecule has 3 aromatic rings. The fraction of sp³-hybridized carbons (Fsp3) is 0.261. The first-order valence-electron chi connectivity index (χ1n) is 9.88. The number of piperazine rings is 1. The van der Waals surface area contributed by atoms with Gasteiger partial charge in [-0.25, -0.2) is 0 Å². The lowest BCUT2D eigenvalue weighted by atomic mass is 10.1. The van der Waals surface area contributed by atoms with Crippen LogP contribution in [-0.2, 0) is 0 Å². The van der Waals surface area contributed by atoms with Crippen LogP contribution in [0.25, 0.3) is 0 Å². The molecule has 0 aliphatic carbocycles. The molecule has 4 rings (SSSR count). The summed E-state index contributed by atoms with van der Waals surface area (Å²) in [6.07, 6.45) is 0. The average molecular weight is 387 g/mol. The van der Waals surface area contributed by atoms with Gasteiger partial charge in [0.15, 0.2) is 11.5 Å². The van der Waals surface area contributed by atoms with Gasteiger partial charge < -0.3 is 15.1 Å². The van der Waals surface area contributed by atoms with Crippen molar-refractivity contribution in [2.75, 3.05) is 36.4 Å². The van der Waals surface area contributed by atoms with Gasteiger partial charge in [-0.2, -0.15) is 0 Å².